The van der Waals surface area contributed by atoms with Crippen molar-refractivity contribution in [3.63, 3.8) is 0 Å². The van der Waals surface area contributed by atoms with Crippen molar-refractivity contribution < 1.29 is 13.2 Å². The summed E-state index contributed by atoms with van der Waals surface area (Å²) in [5.74, 6) is -0.367. The highest BCUT2D eigenvalue weighted by Crippen LogP contribution is 2.44. The van der Waals surface area contributed by atoms with Crippen molar-refractivity contribution in [3.8, 4) is 0 Å². The molecule has 4 rings (SSSR count). The Hall–Kier alpha value is -3.52. The number of hydrogen-bond donors (Lipinski definition) is 2. The second-order valence-corrected chi connectivity index (χ2v) is 10.8. The van der Waals surface area contributed by atoms with Crippen molar-refractivity contribution >= 4 is 21.3 Å². The molecule has 0 fully saturated rings. The average molecular weight is 488 g/mol. The lowest BCUT2D eigenvalue weighted by molar-refractivity contribution is 0.101. The summed E-state index contributed by atoms with van der Waals surface area (Å²) in [7, 11) is -4.44. The number of ketones is 1. The maximum absolute atomic E-state index is 14.7. The number of carbonyl (C=O) groups is 1. The van der Waals surface area contributed by atoms with Gasteiger partial charge in [0.15, 0.2) is 10.7 Å². The summed E-state index contributed by atoms with van der Waals surface area (Å²) in [6.45, 7) is 3.65. The predicted molar refractivity (Wildman–Crippen MR) is 140 cm³/mol. The van der Waals surface area contributed by atoms with E-state index in [1.807, 2.05) is 31.2 Å². The van der Waals surface area contributed by atoms with Gasteiger partial charge in [0, 0.05) is 18.3 Å². The summed E-state index contributed by atoms with van der Waals surface area (Å²) < 4.78 is 29.5. The Morgan fingerprint density at radius 2 is 1.63 bits per heavy atom. The number of carbonyl (C=O) groups excluding carboxylic acids is 1. The third-order valence-corrected chi connectivity index (χ3v) is 8.62. The normalized spacial score (nSPS) is 16.1. The molecule has 7 heteroatoms. The minimum Gasteiger partial charge on any atom is -0.343 e. The number of allylic oxidation sites excluding steroid dienone is 2. The topological polar surface area (TPSA) is 106 Å². The van der Waals surface area contributed by atoms with Crippen molar-refractivity contribution in [2.24, 2.45) is 11.5 Å². The van der Waals surface area contributed by atoms with Gasteiger partial charge >= 0.3 is 0 Å². The molecule has 0 radical (unpaired) electrons. The van der Waals surface area contributed by atoms with E-state index in [0.717, 1.165) is 5.56 Å². The highest BCUT2D eigenvalue weighted by molar-refractivity contribution is 7.92. The molecule has 0 saturated carbocycles. The standard InChI is InChI=1S/C28H29N3O3S/c1-20-18-24(21(2)32)26(25(19-20)31-16-10-5-11-17-31)35(33,34)28(30,23-14-8-4-9-15-23)27(29)22-12-6-3-7-13-22/h3-16,18-19,27H,17,29-30H2,1-2H3. The van der Waals surface area contributed by atoms with Crippen molar-refractivity contribution in [2.45, 2.75) is 29.7 Å². The first kappa shape index (κ1) is 24.6. The van der Waals surface area contributed by atoms with Crippen LogP contribution in [0.4, 0.5) is 5.69 Å². The highest BCUT2D eigenvalue weighted by Gasteiger charge is 2.50. The van der Waals surface area contributed by atoms with Crippen molar-refractivity contribution in [1.82, 2.24) is 0 Å². The van der Waals surface area contributed by atoms with Crippen molar-refractivity contribution in [1.29, 1.82) is 0 Å². The Morgan fingerprint density at radius 1 is 1.00 bits per heavy atom. The molecule has 2 atom stereocenters. The van der Waals surface area contributed by atoms with E-state index in [-0.39, 0.29) is 16.2 Å². The molecule has 3 aromatic rings. The molecule has 180 valence electrons. The molecule has 0 spiro atoms. The molecule has 1 aliphatic heterocycles. The maximum Gasteiger partial charge on any atom is 0.205 e. The molecule has 0 aliphatic carbocycles. The summed E-state index contributed by atoms with van der Waals surface area (Å²) in [5.41, 5.74) is 15.8. The molecular weight excluding hydrogens is 458 g/mol. The zero-order valence-electron chi connectivity index (χ0n) is 19.8. The van der Waals surface area contributed by atoms with E-state index in [0.29, 0.717) is 23.4 Å². The Labute approximate surface area is 206 Å². The number of Topliss-reactive ketones (excluding diaryl/α,β-unsaturated/α-hetero) is 1. The molecule has 2 unspecified atom stereocenters. The quantitative estimate of drug-likeness (QED) is 0.479. The average Bonchev–Trinajstić information content (AvgIpc) is 2.88. The van der Waals surface area contributed by atoms with Crippen LogP contribution in [0.3, 0.4) is 0 Å². The number of nitrogens with two attached hydrogens (primary N) is 2. The second-order valence-electron chi connectivity index (χ2n) is 8.69. The first-order valence-corrected chi connectivity index (χ1v) is 12.8. The maximum atomic E-state index is 14.7. The third kappa shape index (κ3) is 4.34. The van der Waals surface area contributed by atoms with E-state index in [2.05, 4.69) is 0 Å². The fourth-order valence-electron chi connectivity index (χ4n) is 4.43. The van der Waals surface area contributed by atoms with Crippen LogP contribution in [0.25, 0.3) is 0 Å². The van der Waals surface area contributed by atoms with Gasteiger partial charge in [-0.1, -0.05) is 72.8 Å². The van der Waals surface area contributed by atoms with E-state index >= 15 is 0 Å². The third-order valence-electron chi connectivity index (χ3n) is 6.28. The highest BCUT2D eigenvalue weighted by atomic mass is 32.2. The van der Waals surface area contributed by atoms with E-state index in [9.17, 15) is 13.2 Å². The first-order valence-electron chi connectivity index (χ1n) is 11.3. The lowest BCUT2D eigenvalue weighted by atomic mass is 9.94. The Kier molecular flexibility index (Phi) is 6.76. The largest absolute Gasteiger partial charge is 0.343 e. The Balaban J connectivity index is 2.06. The van der Waals surface area contributed by atoms with Crippen LogP contribution >= 0.6 is 0 Å². The molecule has 0 saturated heterocycles. The molecule has 3 aromatic carbocycles. The van der Waals surface area contributed by atoms with Crippen molar-refractivity contribution in [3.05, 3.63) is 119 Å². The van der Waals surface area contributed by atoms with E-state index < -0.39 is 20.8 Å². The Bertz CT molecular complexity index is 1400. The number of sulfone groups is 1. The van der Waals surface area contributed by atoms with Crippen LogP contribution in [0.1, 0.15) is 40.0 Å². The lowest BCUT2D eigenvalue weighted by Gasteiger charge is -2.37. The van der Waals surface area contributed by atoms with Crippen LogP contribution in [0.15, 0.2) is 102 Å². The molecule has 1 heterocycles. The molecule has 0 amide bonds. The number of nitrogens with zero attached hydrogens (tertiary/aromatic N) is 1. The second kappa shape index (κ2) is 9.62. The van der Waals surface area contributed by atoms with Gasteiger partial charge < -0.3 is 16.4 Å². The molecule has 1 aliphatic rings. The summed E-state index contributed by atoms with van der Waals surface area (Å²) in [6.07, 6.45) is 7.40. The molecule has 35 heavy (non-hydrogen) atoms. The zero-order valence-corrected chi connectivity index (χ0v) is 20.6. The van der Waals surface area contributed by atoms with Crippen LogP contribution < -0.4 is 16.4 Å². The van der Waals surface area contributed by atoms with Gasteiger partial charge in [-0.25, -0.2) is 8.42 Å². The SMILES string of the molecule is CC(=O)c1cc(C)cc(N2C=CC=CC2)c1S(=O)(=O)C(N)(c1ccccc1)C(N)c1ccccc1. The van der Waals surface area contributed by atoms with Gasteiger partial charge in [0.05, 0.1) is 11.7 Å². The molecular formula is C28H29N3O3S. The van der Waals surface area contributed by atoms with E-state index in [4.69, 9.17) is 11.5 Å². The molecule has 6 nitrogen and oxygen atoms in total. The van der Waals surface area contributed by atoms with E-state index in [1.54, 1.807) is 77.8 Å². The fraction of sp³-hybridized carbons (Fsp3) is 0.179. The number of hydrogen-bond acceptors (Lipinski definition) is 6. The van der Waals surface area contributed by atoms with Gasteiger partial charge in [0.2, 0.25) is 9.84 Å². The minimum atomic E-state index is -4.44. The summed E-state index contributed by atoms with van der Waals surface area (Å²) in [5, 5.41) is 0. The van der Waals surface area contributed by atoms with Gasteiger partial charge in [-0.2, -0.15) is 0 Å². The van der Waals surface area contributed by atoms with Gasteiger partial charge in [-0.05, 0) is 48.7 Å². The smallest absolute Gasteiger partial charge is 0.205 e. The zero-order chi connectivity index (χ0) is 25.2. The van der Waals surface area contributed by atoms with Crippen LogP contribution in [0.2, 0.25) is 0 Å². The van der Waals surface area contributed by atoms with E-state index in [1.165, 1.54) is 6.92 Å². The van der Waals surface area contributed by atoms with Crippen LogP contribution in [-0.2, 0) is 14.7 Å². The lowest BCUT2D eigenvalue weighted by Crippen LogP contribution is -2.53. The first-order chi connectivity index (χ1) is 16.7. The van der Waals surface area contributed by atoms with Crippen LogP contribution in [0, 0.1) is 6.92 Å². The summed E-state index contributed by atoms with van der Waals surface area (Å²) in [4.78, 5) is 12.4. The van der Waals surface area contributed by atoms with Crippen molar-refractivity contribution in [2.75, 3.05) is 11.4 Å². The number of aryl methyl sites for hydroxylation is 1. The monoisotopic (exact) mass is 487 g/mol. The van der Waals surface area contributed by atoms with Gasteiger partial charge in [-0.15, -0.1) is 0 Å². The summed E-state index contributed by atoms with van der Waals surface area (Å²) in [6, 6.07) is 19.7. The van der Waals surface area contributed by atoms with Gasteiger partial charge in [0.25, 0.3) is 0 Å². The van der Waals surface area contributed by atoms with Gasteiger partial charge in [0.1, 0.15) is 4.90 Å². The van der Waals surface area contributed by atoms with Crippen LogP contribution in [0.5, 0.6) is 0 Å². The summed E-state index contributed by atoms with van der Waals surface area (Å²) >= 11 is 0. The minimum absolute atomic E-state index is 0.0916. The number of benzene rings is 3. The molecule has 0 bridgehead atoms. The fourth-order valence-corrected chi connectivity index (χ4v) is 6.63. The van der Waals surface area contributed by atoms with Gasteiger partial charge in [-0.3, -0.25) is 4.79 Å². The number of anilines is 1. The Morgan fingerprint density at radius 3 is 2.20 bits per heavy atom. The molecule has 4 N–H and O–H groups in total. The predicted octanol–water partition coefficient (Wildman–Crippen LogP) is 4.37. The molecule has 0 aromatic heterocycles. The van der Waals surface area contributed by atoms with Crippen LogP contribution in [-0.4, -0.2) is 20.7 Å². The number of rotatable bonds is 7.